The predicted octanol–water partition coefficient (Wildman–Crippen LogP) is 0.221. The lowest BCUT2D eigenvalue weighted by Gasteiger charge is -2.13. The molecule has 0 spiro atoms. The first-order valence-corrected chi connectivity index (χ1v) is 7.40. The van der Waals surface area contributed by atoms with Crippen molar-refractivity contribution in [3.63, 3.8) is 0 Å². The summed E-state index contributed by atoms with van der Waals surface area (Å²) in [5.74, 6) is -0.744. The standard InChI is InChI=1S/C11H21NO5S/c1-9(8-11(14)17-4)18(15,16)7-5-6-10(13)12(2)3/h9H,5-8H2,1-4H3. The molecule has 0 rings (SSSR count). The van der Waals surface area contributed by atoms with Crippen LogP contribution in [0.25, 0.3) is 0 Å². The Bertz CT molecular complexity index is 388. The van der Waals surface area contributed by atoms with E-state index in [2.05, 4.69) is 4.74 Å². The van der Waals surface area contributed by atoms with E-state index in [-0.39, 0.29) is 30.9 Å². The predicted molar refractivity (Wildman–Crippen MR) is 67.8 cm³/mol. The molecule has 7 heteroatoms. The molecular weight excluding hydrogens is 258 g/mol. The monoisotopic (exact) mass is 279 g/mol. The lowest BCUT2D eigenvalue weighted by Crippen LogP contribution is -2.26. The van der Waals surface area contributed by atoms with Crippen molar-refractivity contribution in [3.8, 4) is 0 Å². The van der Waals surface area contributed by atoms with Crippen LogP contribution in [-0.2, 0) is 24.2 Å². The number of hydrogen-bond acceptors (Lipinski definition) is 5. The molecular formula is C11H21NO5S. The zero-order valence-corrected chi connectivity index (χ0v) is 12.1. The molecule has 0 aliphatic rings. The van der Waals surface area contributed by atoms with E-state index >= 15 is 0 Å². The second-order valence-corrected chi connectivity index (χ2v) is 6.89. The van der Waals surface area contributed by atoms with E-state index in [1.807, 2.05) is 0 Å². The van der Waals surface area contributed by atoms with Crippen molar-refractivity contribution in [2.75, 3.05) is 27.0 Å². The summed E-state index contributed by atoms with van der Waals surface area (Å²) in [4.78, 5) is 23.7. The number of carbonyl (C=O) groups excluding carboxylic acids is 2. The van der Waals surface area contributed by atoms with Crippen LogP contribution in [0, 0.1) is 0 Å². The quantitative estimate of drug-likeness (QED) is 0.623. The van der Waals surface area contributed by atoms with Crippen LogP contribution in [-0.4, -0.2) is 57.4 Å². The number of rotatable bonds is 7. The largest absolute Gasteiger partial charge is 0.469 e. The number of nitrogens with zero attached hydrogens (tertiary/aromatic N) is 1. The maximum atomic E-state index is 11.8. The Morgan fingerprint density at radius 1 is 1.28 bits per heavy atom. The minimum atomic E-state index is -3.36. The number of methoxy groups -OCH3 is 1. The van der Waals surface area contributed by atoms with Crippen molar-refractivity contribution < 1.29 is 22.7 Å². The molecule has 6 nitrogen and oxygen atoms in total. The zero-order valence-electron chi connectivity index (χ0n) is 11.3. The van der Waals surface area contributed by atoms with Gasteiger partial charge in [0.1, 0.15) is 0 Å². The number of amides is 1. The van der Waals surface area contributed by atoms with Gasteiger partial charge < -0.3 is 9.64 Å². The van der Waals surface area contributed by atoms with Gasteiger partial charge in [0.2, 0.25) is 5.91 Å². The van der Waals surface area contributed by atoms with Crippen molar-refractivity contribution in [2.45, 2.75) is 31.4 Å². The highest BCUT2D eigenvalue weighted by atomic mass is 32.2. The molecule has 0 bridgehead atoms. The summed E-state index contributed by atoms with van der Waals surface area (Å²) < 4.78 is 28.0. The molecule has 0 saturated carbocycles. The van der Waals surface area contributed by atoms with Gasteiger partial charge in [0.05, 0.1) is 24.5 Å². The third-order valence-electron chi connectivity index (χ3n) is 2.61. The molecule has 1 atom stereocenters. The summed E-state index contributed by atoms with van der Waals surface area (Å²) in [7, 11) is 1.10. The van der Waals surface area contributed by atoms with Gasteiger partial charge >= 0.3 is 5.97 Å². The first-order chi connectivity index (χ1) is 8.20. The Morgan fingerprint density at radius 2 is 1.83 bits per heavy atom. The molecule has 0 aliphatic carbocycles. The molecule has 0 heterocycles. The molecule has 0 saturated heterocycles. The van der Waals surface area contributed by atoms with Crippen LogP contribution in [0.4, 0.5) is 0 Å². The number of sulfone groups is 1. The van der Waals surface area contributed by atoms with E-state index in [4.69, 9.17) is 0 Å². The van der Waals surface area contributed by atoms with Gasteiger partial charge in [0.15, 0.2) is 9.84 Å². The van der Waals surface area contributed by atoms with E-state index < -0.39 is 21.1 Å². The van der Waals surface area contributed by atoms with E-state index in [0.717, 1.165) is 0 Å². The SMILES string of the molecule is COC(=O)CC(C)S(=O)(=O)CCCC(=O)N(C)C. The summed E-state index contributed by atoms with van der Waals surface area (Å²) in [6.07, 6.45) is 0.308. The topological polar surface area (TPSA) is 80.8 Å². The van der Waals surface area contributed by atoms with Crippen LogP contribution in [0.2, 0.25) is 0 Å². The van der Waals surface area contributed by atoms with Gasteiger partial charge in [-0.1, -0.05) is 0 Å². The van der Waals surface area contributed by atoms with Crippen molar-refractivity contribution in [1.82, 2.24) is 4.90 Å². The van der Waals surface area contributed by atoms with E-state index in [1.54, 1.807) is 14.1 Å². The highest BCUT2D eigenvalue weighted by Crippen LogP contribution is 2.10. The molecule has 18 heavy (non-hydrogen) atoms. The number of hydrogen-bond donors (Lipinski definition) is 0. The van der Waals surface area contributed by atoms with Crippen molar-refractivity contribution in [1.29, 1.82) is 0 Å². The summed E-state index contributed by atoms with van der Waals surface area (Å²) in [6, 6.07) is 0. The van der Waals surface area contributed by atoms with E-state index in [9.17, 15) is 18.0 Å². The Labute approximate surface area is 108 Å². The lowest BCUT2D eigenvalue weighted by atomic mass is 10.3. The highest BCUT2D eigenvalue weighted by molar-refractivity contribution is 7.92. The molecule has 0 N–H and O–H groups in total. The van der Waals surface area contributed by atoms with Crippen molar-refractivity contribution >= 4 is 21.7 Å². The third kappa shape index (κ3) is 6.00. The van der Waals surface area contributed by atoms with Crippen LogP contribution >= 0.6 is 0 Å². The molecule has 1 unspecified atom stereocenters. The van der Waals surface area contributed by atoms with E-state index in [1.165, 1.54) is 18.9 Å². The zero-order chi connectivity index (χ0) is 14.3. The molecule has 0 aromatic rings. The first kappa shape index (κ1) is 16.9. The summed E-state index contributed by atoms with van der Waals surface area (Å²) in [5, 5.41) is -0.778. The van der Waals surface area contributed by atoms with Crippen LogP contribution in [0.5, 0.6) is 0 Å². The number of ether oxygens (including phenoxy) is 1. The van der Waals surface area contributed by atoms with Gasteiger partial charge in [0.25, 0.3) is 0 Å². The lowest BCUT2D eigenvalue weighted by molar-refractivity contribution is -0.140. The summed E-state index contributed by atoms with van der Waals surface area (Å²) in [6.45, 7) is 1.47. The van der Waals surface area contributed by atoms with E-state index in [0.29, 0.717) is 0 Å². The fourth-order valence-corrected chi connectivity index (χ4v) is 2.63. The Hall–Kier alpha value is -1.11. The van der Waals surface area contributed by atoms with Crippen LogP contribution in [0.3, 0.4) is 0 Å². The highest BCUT2D eigenvalue weighted by Gasteiger charge is 2.23. The Kier molecular flexibility index (Phi) is 6.90. The van der Waals surface area contributed by atoms with Crippen molar-refractivity contribution in [3.05, 3.63) is 0 Å². The second-order valence-electron chi connectivity index (χ2n) is 4.35. The van der Waals surface area contributed by atoms with Gasteiger partial charge in [-0.15, -0.1) is 0 Å². The van der Waals surface area contributed by atoms with Gasteiger partial charge in [-0.25, -0.2) is 8.42 Å². The minimum Gasteiger partial charge on any atom is -0.469 e. The Balaban J connectivity index is 4.23. The van der Waals surface area contributed by atoms with Crippen LogP contribution in [0.1, 0.15) is 26.2 Å². The normalized spacial score (nSPS) is 12.9. The number of esters is 1. The fraction of sp³-hybridized carbons (Fsp3) is 0.818. The maximum absolute atomic E-state index is 11.8. The molecule has 0 aliphatic heterocycles. The average molecular weight is 279 g/mol. The smallest absolute Gasteiger partial charge is 0.306 e. The molecule has 0 fully saturated rings. The molecule has 0 radical (unpaired) electrons. The molecule has 1 amide bonds. The average Bonchev–Trinajstić information content (AvgIpc) is 2.28. The van der Waals surface area contributed by atoms with Gasteiger partial charge in [-0.2, -0.15) is 0 Å². The molecule has 0 aromatic heterocycles. The van der Waals surface area contributed by atoms with Crippen LogP contribution in [0.15, 0.2) is 0 Å². The fourth-order valence-electron chi connectivity index (χ4n) is 1.29. The van der Waals surface area contributed by atoms with Crippen LogP contribution < -0.4 is 0 Å². The number of carbonyl (C=O) groups is 2. The molecule has 106 valence electrons. The molecule has 0 aromatic carbocycles. The second kappa shape index (κ2) is 7.35. The van der Waals surface area contributed by atoms with Gasteiger partial charge in [0, 0.05) is 20.5 Å². The Morgan fingerprint density at radius 3 is 2.28 bits per heavy atom. The van der Waals surface area contributed by atoms with Gasteiger partial charge in [-0.3, -0.25) is 9.59 Å². The van der Waals surface area contributed by atoms with Gasteiger partial charge in [-0.05, 0) is 13.3 Å². The summed E-state index contributed by atoms with van der Waals surface area (Å²) in [5.41, 5.74) is 0. The minimum absolute atomic E-state index is 0.0925. The summed E-state index contributed by atoms with van der Waals surface area (Å²) >= 11 is 0. The third-order valence-corrected chi connectivity index (χ3v) is 4.86. The maximum Gasteiger partial charge on any atom is 0.306 e. The van der Waals surface area contributed by atoms with Crippen molar-refractivity contribution in [2.24, 2.45) is 0 Å². The first-order valence-electron chi connectivity index (χ1n) is 5.69.